The van der Waals surface area contributed by atoms with E-state index in [9.17, 15) is 23.2 Å². The number of hydrogen-bond donors (Lipinski definition) is 1. The average Bonchev–Trinajstić information content (AvgIpc) is 2.97. The molecule has 2 fully saturated rings. The Hall–Kier alpha value is -4.27. The smallest absolute Gasteiger partial charge is 0.256 e. The number of carbonyl (C=O) groups excluding carboxylic acids is 3. The van der Waals surface area contributed by atoms with E-state index >= 15 is 0 Å². The molecule has 0 spiro atoms. The summed E-state index contributed by atoms with van der Waals surface area (Å²) in [6.45, 7) is 3.06. The second-order valence-electron chi connectivity index (χ2n) is 9.80. The number of likely N-dealkylation sites (tertiary alicyclic amines) is 1. The van der Waals surface area contributed by atoms with Crippen LogP contribution >= 0.6 is 0 Å². The molecule has 0 unspecified atom stereocenters. The van der Waals surface area contributed by atoms with Crippen molar-refractivity contribution in [3.05, 3.63) is 95.1 Å². The van der Waals surface area contributed by atoms with Crippen molar-refractivity contribution in [3.63, 3.8) is 0 Å². The molecule has 0 radical (unpaired) electrons. The SMILES string of the molecule is O=C(Nc1ccc(N2CCN(C(=O)c3ccccc3F)CC2)c(C(=O)N2CCCCC2)c1)c1ccc(F)cc1. The number of nitrogens with zero attached hydrogens (tertiary/aromatic N) is 3. The first-order valence-electron chi connectivity index (χ1n) is 13.2. The molecule has 5 rings (SSSR count). The van der Waals surface area contributed by atoms with Crippen LogP contribution in [0.3, 0.4) is 0 Å². The number of carbonyl (C=O) groups is 3. The molecule has 2 heterocycles. The highest BCUT2D eigenvalue weighted by molar-refractivity contribution is 6.06. The molecule has 0 saturated carbocycles. The minimum absolute atomic E-state index is 0.0492. The molecule has 0 atom stereocenters. The van der Waals surface area contributed by atoms with Crippen LogP contribution in [0.1, 0.15) is 50.3 Å². The summed E-state index contributed by atoms with van der Waals surface area (Å²) < 4.78 is 27.4. The Morgan fingerprint density at radius 2 is 1.31 bits per heavy atom. The van der Waals surface area contributed by atoms with Gasteiger partial charge in [0.25, 0.3) is 17.7 Å². The van der Waals surface area contributed by atoms with Crippen LogP contribution in [0.4, 0.5) is 20.2 Å². The van der Waals surface area contributed by atoms with Gasteiger partial charge < -0.3 is 20.0 Å². The van der Waals surface area contributed by atoms with Crippen molar-refractivity contribution < 1.29 is 23.2 Å². The number of amides is 3. The van der Waals surface area contributed by atoms with Crippen molar-refractivity contribution in [1.82, 2.24) is 9.80 Å². The summed E-state index contributed by atoms with van der Waals surface area (Å²) in [6.07, 6.45) is 2.97. The molecular weight excluding hydrogens is 502 g/mol. The first kappa shape index (κ1) is 26.3. The van der Waals surface area contributed by atoms with Crippen LogP contribution in [0.15, 0.2) is 66.7 Å². The van der Waals surface area contributed by atoms with E-state index in [1.807, 2.05) is 15.9 Å². The Morgan fingerprint density at radius 3 is 2.00 bits per heavy atom. The Bertz CT molecular complexity index is 1360. The van der Waals surface area contributed by atoms with Gasteiger partial charge in [0, 0.05) is 56.2 Å². The zero-order valence-electron chi connectivity index (χ0n) is 21.5. The highest BCUT2D eigenvalue weighted by Crippen LogP contribution is 2.29. The molecule has 202 valence electrons. The zero-order chi connectivity index (χ0) is 27.4. The van der Waals surface area contributed by atoms with E-state index in [0.29, 0.717) is 56.1 Å². The largest absolute Gasteiger partial charge is 0.367 e. The standard InChI is InChI=1S/C30H30F2N4O3/c31-22-10-8-21(9-11-22)28(37)33-23-12-13-27(25(20-23)30(39)35-14-4-1-5-15-35)34-16-18-36(19-17-34)29(38)24-6-2-3-7-26(24)32/h2-3,6-13,20H,1,4-5,14-19H2,(H,33,37). The molecule has 3 aromatic carbocycles. The van der Waals surface area contributed by atoms with Crippen molar-refractivity contribution >= 4 is 29.1 Å². The second kappa shape index (κ2) is 11.6. The van der Waals surface area contributed by atoms with E-state index in [1.165, 1.54) is 36.4 Å². The molecule has 0 aromatic heterocycles. The lowest BCUT2D eigenvalue weighted by Gasteiger charge is -2.37. The molecule has 39 heavy (non-hydrogen) atoms. The van der Waals surface area contributed by atoms with Gasteiger partial charge in [0.2, 0.25) is 0 Å². The number of halogens is 2. The van der Waals surface area contributed by atoms with Crippen molar-refractivity contribution in [2.24, 2.45) is 0 Å². The third kappa shape index (κ3) is 5.92. The van der Waals surface area contributed by atoms with Crippen LogP contribution in [0.25, 0.3) is 0 Å². The fourth-order valence-corrected chi connectivity index (χ4v) is 5.09. The number of nitrogens with one attached hydrogen (secondary N) is 1. The Balaban J connectivity index is 1.36. The summed E-state index contributed by atoms with van der Waals surface area (Å²) >= 11 is 0. The Morgan fingerprint density at radius 1 is 0.667 bits per heavy atom. The number of piperidine rings is 1. The summed E-state index contributed by atoms with van der Waals surface area (Å²) in [6, 6.07) is 16.4. The second-order valence-corrected chi connectivity index (χ2v) is 9.80. The summed E-state index contributed by atoms with van der Waals surface area (Å²) in [4.78, 5) is 44.8. The molecule has 3 amide bonds. The highest BCUT2D eigenvalue weighted by Gasteiger charge is 2.28. The van der Waals surface area contributed by atoms with E-state index in [2.05, 4.69) is 5.32 Å². The predicted octanol–water partition coefficient (Wildman–Crippen LogP) is 4.81. The van der Waals surface area contributed by atoms with Gasteiger partial charge in [0.15, 0.2) is 0 Å². The summed E-state index contributed by atoms with van der Waals surface area (Å²) in [5, 5.41) is 2.81. The quantitative estimate of drug-likeness (QED) is 0.512. The van der Waals surface area contributed by atoms with Crippen LogP contribution in [-0.2, 0) is 0 Å². The fraction of sp³-hybridized carbons (Fsp3) is 0.300. The average molecular weight is 533 g/mol. The van der Waals surface area contributed by atoms with Gasteiger partial charge in [0.05, 0.1) is 11.1 Å². The summed E-state index contributed by atoms with van der Waals surface area (Å²) in [7, 11) is 0. The first-order valence-corrected chi connectivity index (χ1v) is 13.2. The van der Waals surface area contributed by atoms with E-state index in [1.54, 1.807) is 29.2 Å². The third-order valence-corrected chi connectivity index (χ3v) is 7.25. The van der Waals surface area contributed by atoms with Crippen LogP contribution in [0.2, 0.25) is 0 Å². The van der Waals surface area contributed by atoms with E-state index < -0.39 is 17.5 Å². The van der Waals surface area contributed by atoms with Crippen molar-refractivity contribution in [2.45, 2.75) is 19.3 Å². The van der Waals surface area contributed by atoms with Gasteiger partial charge in [-0.3, -0.25) is 14.4 Å². The molecule has 0 aliphatic carbocycles. The maximum absolute atomic E-state index is 14.2. The summed E-state index contributed by atoms with van der Waals surface area (Å²) in [5.41, 5.74) is 2.01. The minimum atomic E-state index is -0.544. The van der Waals surface area contributed by atoms with Crippen LogP contribution in [-0.4, -0.2) is 66.8 Å². The van der Waals surface area contributed by atoms with Gasteiger partial charge in [-0.05, 0) is 73.9 Å². The first-order chi connectivity index (χ1) is 18.9. The lowest BCUT2D eigenvalue weighted by molar-refractivity contribution is 0.0717. The highest BCUT2D eigenvalue weighted by atomic mass is 19.1. The van der Waals surface area contributed by atoms with Crippen LogP contribution in [0, 0.1) is 11.6 Å². The maximum Gasteiger partial charge on any atom is 0.256 e. The fourth-order valence-electron chi connectivity index (χ4n) is 5.09. The molecular formula is C30H30F2N4O3. The molecule has 0 bridgehead atoms. The van der Waals surface area contributed by atoms with Crippen molar-refractivity contribution in [2.75, 3.05) is 49.5 Å². The molecule has 2 saturated heterocycles. The van der Waals surface area contributed by atoms with Gasteiger partial charge in [-0.1, -0.05) is 12.1 Å². The maximum atomic E-state index is 14.2. The monoisotopic (exact) mass is 532 g/mol. The molecule has 1 N–H and O–H groups in total. The molecule has 2 aliphatic heterocycles. The van der Waals surface area contributed by atoms with Gasteiger partial charge in [0.1, 0.15) is 11.6 Å². The number of piperazine rings is 1. The number of anilines is 2. The predicted molar refractivity (Wildman–Crippen MR) is 145 cm³/mol. The number of benzene rings is 3. The summed E-state index contributed by atoms with van der Waals surface area (Å²) in [5.74, 6) is -1.83. The lowest BCUT2D eigenvalue weighted by Crippen LogP contribution is -2.49. The molecule has 7 nitrogen and oxygen atoms in total. The third-order valence-electron chi connectivity index (χ3n) is 7.25. The normalized spacial score (nSPS) is 15.7. The van der Waals surface area contributed by atoms with Crippen LogP contribution < -0.4 is 10.2 Å². The molecule has 3 aromatic rings. The lowest BCUT2D eigenvalue weighted by atomic mass is 10.0. The van der Waals surface area contributed by atoms with Gasteiger partial charge in [-0.25, -0.2) is 8.78 Å². The molecule has 2 aliphatic rings. The zero-order valence-corrected chi connectivity index (χ0v) is 21.5. The Labute approximate surface area is 226 Å². The van der Waals surface area contributed by atoms with Gasteiger partial charge >= 0.3 is 0 Å². The van der Waals surface area contributed by atoms with Gasteiger partial charge in [-0.15, -0.1) is 0 Å². The minimum Gasteiger partial charge on any atom is -0.367 e. The molecule has 9 heteroatoms. The van der Waals surface area contributed by atoms with Crippen molar-refractivity contribution in [3.8, 4) is 0 Å². The van der Waals surface area contributed by atoms with Crippen molar-refractivity contribution in [1.29, 1.82) is 0 Å². The van der Waals surface area contributed by atoms with E-state index in [0.717, 1.165) is 24.9 Å². The topological polar surface area (TPSA) is 73.0 Å². The van der Waals surface area contributed by atoms with Gasteiger partial charge in [-0.2, -0.15) is 0 Å². The number of rotatable bonds is 5. The van der Waals surface area contributed by atoms with E-state index in [-0.39, 0.29) is 17.4 Å². The van der Waals surface area contributed by atoms with E-state index in [4.69, 9.17) is 0 Å². The van der Waals surface area contributed by atoms with Crippen LogP contribution in [0.5, 0.6) is 0 Å². The number of hydrogen-bond acceptors (Lipinski definition) is 4. The Kier molecular flexibility index (Phi) is 7.86.